The molecule has 0 aromatic rings. The standard InChI is InChI=1S/C13H27NO/c1-4-6-7-12(14-10-5-2)13(15-3)11-8-9-11/h11-14H,4-10H2,1-3H3. The lowest BCUT2D eigenvalue weighted by Crippen LogP contribution is -2.42. The molecule has 1 aliphatic rings. The topological polar surface area (TPSA) is 21.3 Å². The molecule has 1 fully saturated rings. The molecule has 0 aromatic carbocycles. The van der Waals surface area contributed by atoms with E-state index in [1.165, 1.54) is 38.5 Å². The summed E-state index contributed by atoms with van der Waals surface area (Å²) in [5.41, 5.74) is 0. The largest absolute Gasteiger partial charge is 0.380 e. The van der Waals surface area contributed by atoms with Crippen molar-refractivity contribution in [3.8, 4) is 0 Å². The molecule has 0 saturated heterocycles. The second kappa shape index (κ2) is 7.24. The first-order chi connectivity index (χ1) is 7.33. The second-order valence-electron chi connectivity index (χ2n) is 4.74. The summed E-state index contributed by atoms with van der Waals surface area (Å²) in [5.74, 6) is 0.834. The van der Waals surface area contributed by atoms with Gasteiger partial charge in [-0.1, -0.05) is 26.7 Å². The van der Waals surface area contributed by atoms with Crippen molar-refractivity contribution in [2.75, 3.05) is 13.7 Å². The summed E-state index contributed by atoms with van der Waals surface area (Å²) in [7, 11) is 1.87. The molecule has 1 N–H and O–H groups in total. The van der Waals surface area contributed by atoms with Gasteiger partial charge in [-0.05, 0) is 38.1 Å². The van der Waals surface area contributed by atoms with Crippen LogP contribution in [0, 0.1) is 5.92 Å². The predicted octanol–water partition coefficient (Wildman–Crippen LogP) is 2.97. The molecule has 2 nitrogen and oxygen atoms in total. The van der Waals surface area contributed by atoms with E-state index in [-0.39, 0.29) is 0 Å². The van der Waals surface area contributed by atoms with Gasteiger partial charge in [-0.3, -0.25) is 0 Å². The van der Waals surface area contributed by atoms with Gasteiger partial charge < -0.3 is 10.1 Å². The Morgan fingerprint density at radius 1 is 1.27 bits per heavy atom. The van der Waals surface area contributed by atoms with Gasteiger partial charge in [0.05, 0.1) is 6.10 Å². The maximum Gasteiger partial charge on any atom is 0.0752 e. The third-order valence-electron chi connectivity index (χ3n) is 3.28. The first kappa shape index (κ1) is 13.0. The molecule has 2 unspecified atom stereocenters. The average Bonchev–Trinajstić information content (AvgIpc) is 3.06. The van der Waals surface area contributed by atoms with Crippen LogP contribution >= 0.6 is 0 Å². The highest BCUT2D eigenvalue weighted by atomic mass is 16.5. The molecule has 0 heterocycles. The van der Waals surface area contributed by atoms with E-state index in [0.29, 0.717) is 12.1 Å². The average molecular weight is 213 g/mol. The summed E-state index contributed by atoms with van der Waals surface area (Å²) in [6.45, 7) is 5.61. The zero-order valence-electron chi connectivity index (χ0n) is 10.6. The smallest absolute Gasteiger partial charge is 0.0752 e. The van der Waals surface area contributed by atoms with Crippen LogP contribution in [-0.2, 0) is 4.74 Å². The first-order valence-electron chi connectivity index (χ1n) is 6.59. The Balaban J connectivity index is 2.36. The summed E-state index contributed by atoms with van der Waals surface area (Å²) in [6, 6.07) is 0.586. The maximum absolute atomic E-state index is 5.67. The van der Waals surface area contributed by atoms with Gasteiger partial charge in [0.25, 0.3) is 0 Å². The third-order valence-corrected chi connectivity index (χ3v) is 3.28. The van der Waals surface area contributed by atoms with Gasteiger partial charge in [0.2, 0.25) is 0 Å². The molecule has 1 aliphatic carbocycles. The normalized spacial score (nSPS) is 20.2. The SMILES string of the molecule is CCCCC(NCCC)C(OC)C1CC1. The number of nitrogens with one attached hydrogen (secondary N) is 1. The van der Waals surface area contributed by atoms with E-state index in [9.17, 15) is 0 Å². The zero-order valence-corrected chi connectivity index (χ0v) is 10.6. The fourth-order valence-electron chi connectivity index (χ4n) is 2.25. The number of hydrogen-bond acceptors (Lipinski definition) is 2. The molecule has 0 aromatic heterocycles. The zero-order chi connectivity index (χ0) is 11.1. The molecule has 1 saturated carbocycles. The van der Waals surface area contributed by atoms with Crippen LogP contribution in [0.25, 0.3) is 0 Å². The minimum Gasteiger partial charge on any atom is -0.380 e. The van der Waals surface area contributed by atoms with E-state index in [1.54, 1.807) is 0 Å². The van der Waals surface area contributed by atoms with Crippen LogP contribution in [0.5, 0.6) is 0 Å². The Hall–Kier alpha value is -0.0800. The number of rotatable bonds is 9. The minimum absolute atomic E-state index is 0.461. The van der Waals surface area contributed by atoms with Gasteiger partial charge in [-0.25, -0.2) is 0 Å². The second-order valence-corrected chi connectivity index (χ2v) is 4.74. The summed E-state index contributed by atoms with van der Waals surface area (Å²) in [5, 5.41) is 3.65. The molecule has 2 atom stereocenters. The number of hydrogen-bond donors (Lipinski definition) is 1. The van der Waals surface area contributed by atoms with Crippen LogP contribution in [0.1, 0.15) is 52.4 Å². The number of unbranched alkanes of at least 4 members (excludes halogenated alkanes) is 1. The monoisotopic (exact) mass is 213 g/mol. The Bertz CT molecular complexity index is 149. The summed E-state index contributed by atoms with van der Waals surface area (Å²) >= 11 is 0. The Morgan fingerprint density at radius 2 is 2.00 bits per heavy atom. The molecule has 0 radical (unpaired) electrons. The molecular formula is C13H27NO. The first-order valence-corrected chi connectivity index (χ1v) is 6.59. The van der Waals surface area contributed by atoms with E-state index < -0.39 is 0 Å². The van der Waals surface area contributed by atoms with E-state index in [0.717, 1.165) is 12.5 Å². The fourth-order valence-corrected chi connectivity index (χ4v) is 2.25. The van der Waals surface area contributed by atoms with Gasteiger partial charge in [0, 0.05) is 13.2 Å². The van der Waals surface area contributed by atoms with Crippen LogP contribution in [0.3, 0.4) is 0 Å². The molecule has 2 heteroatoms. The number of methoxy groups -OCH3 is 1. The Kier molecular flexibility index (Phi) is 6.26. The number of ether oxygens (including phenoxy) is 1. The highest BCUT2D eigenvalue weighted by molar-refractivity contribution is 4.90. The highest BCUT2D eigenvalue weighted by Crippen LogP contribution is 2.36. The summed E-state index contributed by atoms with van der Waals surface area (Å²) in [4.78, 5) is 0. The van der Waals surface area contributed by atoms with Crippen molar-refractivity contribution in [3.05, 3.63) is 0 Å². The van der Waals surface area contributed by atoms with Crippen molar-refractivity contribution in [2.45, 2.75) is 64.5 Å². The van der Waals surface area contributed by atoms with Gasteiger partial charge in [0.15, 0.2) is 0 Å². The van der Waals surface area contributed by atoms with E-state index in [2.05, 4.69) is 19.2 Å². The molecule has 1 rings (SSSR count). The van der Waals surface area contributed by atoms with Crippen molar-refractivity contribution in [3.63, 3.8) is 0 Å². The van der Waals surface area contributed by atoms with Crippen molar-refractivity contribution in [1.82, 2.24) is 5.32 Å². The van der Waals surface area contributed by atoms with E-state index in [4.69, 9.17) is 4.74 Å². The quantitative estimate of drug-likeness (QED) is 0.636. The predicted molar refractivity (Wildman–Crippen MR) is 65.1 cm³/mol. The minimum atomic E-state index is 0.461. The molecule has 15 heavy (non-hydrogen) atoms. The van der Waals surface area contributed by atoms with Crippen molar-refractivity contribution < 1.29 is 4.74 Å². The lowest BCUT2D eigenvalue weighted by molar-refractivity contribution is 0.0477. The summed E-state index contributed by atoms with van der Waals surface area (Å²) < 4.78 is 5.67. The molecule has 0 bridgehead atoms. The van der Waals surface area contributed by atoms with Gasteiger partial charge >= 0.3 is 0 Å². The summed E-state index contributed by atoms with van der Waals surface area (Å²) in [6.07, 6.45) is 8.28. The van der Waals surface area contributed by atoms with E-state index in [1.807, 2.05) is 7.11 Å². The third kappa shape index (κ3) is 4.52. The van der Waals surface area contributed by atoms with Crippen molar-refractivity contribution in [2.24, 2.45) is 5.92 Å². The highest BCUT2D eigenvalue weighted by Gasteiger charge is 2.36. The Morgan fingerprint density at radius 3 is 2.47 bits per heavy atom. The van der Waals surface area contributed by atoms with Crippen LogP contribution in [0.15, 0.2) is 0 Å². The molecule has 0 aliphatic heterocycles. The van der Waals surface area contributed by atoms with Crippen LogP contribution in [0.4, 0.5) is 0 Å². The Labute approximate surface area is 94.8 Å². The molecular weight excluding hydrogens is 186 g/mol. The maximum atomic E-state index is 5.67. The van der Waals surface area contributed by atoms with Gasteiger partial charge in [-0.2, -0.15) is 0 Å². The van der Waals surface area contributed by atoms with Crippen molar-refractivity contribution >= 4 is 0 Å². The van der Waals surface area contributed by atoms with Crippen LogP contribution < -0.4 is 5.32 Å². The lowest BCUT2D eigenvalue weighted by Gasteiger charge is -2.27. The molecule has 0 spiro atoms. The van der Waals surface area contributed by atoms with E-state index >= 15 is 0 Å². The van der Waals surface area contributed by atoms with Gasteiger partial charge in [0.1, 0.15) is 0 Å². The van der Waals surface area contributed by atoms with Crippen LogP contribution in [-0.4, -0.2) is 25.8 Å². The lowest BCUT2D eigenvalue weighted by atomic mass is 10.0. The van der Waals surface area contributed by atoms with Crippen LogP contribution in [0.2, 0.25) is 0 Å². The van der Waals surface area contributed by atoms with Gasteiger partial charge in [-0.15, -0.1) is 0 Å². The molecule has 90 valence electrons. The van der Waals surface area contributed by atoms with Crippen molar-refractivity contribution in [1.29, 1.82) is 0 Å². The molecule has 0 amide bonds. The fraction of sp³-hybridized carbons (Fsp3) is 1.00.